The number of nitrogens with zero attached hydrogens (tertiary/aromatic N) is 1. The SMILES string of the molecule is CCOC(=O)c1c(C)oc(C)c1S(=O)(=O)Nc1ccc(Cl)c(OC2CCN(C)C2)c1. The lowest BCUT2D eigenvalue weighted by atomic mass is 10.2. The maximum Gasteiger partial charge on any atom is 0.343 e. The number of hydrogen-bond donors (Lipinski definition) is 1. The highest BCUT2D eigenvalue weighted by molar-refractivity contribution is 7.92. The number of carbonyl (C=O) groups is 1. The molecule has 1 fully saturated rings. The lowest BCUT2D eigenvalue weighted by Crippen LogP contribution is -2.21. The van der Waals surface area contributed by atoms with Gasteiger partial charge in [-0.05, 0) is 46.4 Å². The van der Waals surface area contributed by atoms with Gasteiger partial charge in [-0.1, -0.05) is 11.6 Å². The third-order valence-corrected chi connectivity index (χ3v) is 6.62. The zero-order chi connectivity index (χ0) is 22.1. The van der Waals surface area contributed by atoms with Crippen molar-refractivity contribution in [1.29, 1.82) is 0 Å². The van der Waals surface area contributed by atoms with Crippen LogP contribution >= 0.6 is 11.6 Å². The van der Waals surface area contributed by atoms with Crippen LogP contribution in [0.1, 0.15) is 35.2 Å². The molecule has 10 heteroatoms. The second-order valence-corrected chi connectivity index (χ2v) is 9.21. The summed E-state index contributed by atoms with van der Waals surface area (Å²) in [5.74, 6) is -0.0834. The molecule has 0 bridgehead atoms. The summed E-state index contributed by atoms with van der Waals surface area (Å²) in [6.07, 6.45) is 0.840. The van der Waals surface area contributed by atoms with Crippen molar-refractivity contribution in [2.24, 2.45) is 0 Å². The number of likely N-dealkylation sites (N-methyl/N-ethyl adjacent to an activating group) is 1. The van der Waals surface area contributed by atoms with Gasteiger partial charge in [-0.3, -0.25) is 4.72 Å². The van der Waals surface area contributed by atoms with Gasteiger partial charge in [-0.15, -0.1) is 0 Å². The van der Waals surface area contributed by atoms with E-state index in [0.29, 0.717) is 10.8 Å². The third-order valence-electron chi connectivity index (χ3n) is 4.78. The summed E-state index contributed by atoms with van der Waals surface area (Å²) >= 11 is 6.24. The topological polar surface area (TPSA) is 98.1 Å². The minimum atomic E-state index is -4.13. The van der Waals surface area contributed by atoms with Crippen LogP contribution < -0.4 is 9.46 Å². The van der Waals surface area contributed by atoms with E-state index < -0.39 is 16.0 Å². The Balaban J connectivity index is 1.89. The Morgan fingerprint density at radius 3 is 2.70 bits per heavy atom. The maximum atomic E-state index is 13.1. The zero-order valence-corrected chi connectivity index (χ0v) is 18.9. The Kier molecular flexibility index (Phi) is 6.64. The molecule has 0 aliphatic carbocycles. The fourth-order valence-corrected chi connectivity index (χ4v) is 5.08. The number of ether oxygens (including phenoxy) is 2. The van der Waals surface area contributed by atoms with Crippen LogP contribution in [0, 0.1) is 13.8 Å². The Bertz CT molecular complexity index is 1050. The fourth-order valence-electron chi connectivity index (χ4n) is 3.46. The number of aryl methyl sites for hydroxylation is 2. The molecule has 3 rings (SSSR count). The zero-order valence-electron chi connectivity index (χ0n) is 17.3. The van der Waals surface area contributed by atoms with Gasteiger partial charge < -0.3 is 18.8 Å². The quantitative estimate of drug-likeness (QED) is 0.635. The molecule has 1 unspecified atom stereocenters. The largest absolute Gasteiger partial charge is 0.487 e. The van der Waals surface area contributed by atoms with Crippen molar-refractivity contribution in [1.82, 2.24) is 4.90 Å². The molecule has 1 saturated heterocycles. The van der Waals surface area contributed by atoms with E-state index in [9.17, 15) is 13.2 Å². The van der Waals surface area contributed by atoms with Gasteiger partial charge in [0.05, 0.1) is 17.3 Å². The van der Waals surface area contributed by atoms with Crippen molar-refractivity contribution in [2.75, 3.05) is 31.5 Å². The number of hydrogen-bond acceptors (Lipinski definition) is 7. The molecule has 30 heavy (non-hydrogen) atoms. The van der Waals surface area contributed by atoms with Crippen molar-refractivity contribution in [2.45, 2.75) is 38.2 Å². The summed E-state index contributed by atoms with van der Waals surface area (Å²) in [5, 5.41) is 0.384. The first kappa shape index (κ1) is 22.5. The summed E-state index contributed by atoms with van der Waals surface area (Å²) in [4.78, 5) is 14.2. The number of halogens is 1. The van der Waals surface area contributed by atoms with Crippen molar-refractivity contribution in [3.05, 3.63) is 40.3 Å². The van der Waals surface area contributed by atoms with Gasteiger partial charge in [0.25, 0.3) is 10.0 Å². The number of sulfonamides is 1. The molecule has 1 aliphatic rings. The molecule has 2 aromatic rings. The van der Waals surface area contributed by atoms with Crippen LogP contribution in [-0.4, -0.2) is 52.1 Å². The van der Waals surface area contributed by atoms with Crippen LogP contribution in [0.3, 0.4) is 0 Å². The summed E-state index contributed by atoms with van der Waals surface area (Å²) in [7, 11) is -2.13. The summed E-state index contributed by atoms with van der Waals surface area (Å²) in [5.41, 5.74) is 0.148. The predicted octanol–water partition coefficient (Wildman–Crippen LogP) is 3.61. The first-order valence-electron chi connectivity index (χ1n) is 9.57. The molecule has 0 radical (unpaired) electrons. The van der Waals surface area contributed by atoms with Crippen molar-refractivity contribution >= 4 is 33.3 Å². The Hall–Kier alpha value is -2.23. The molecule has 1 N–H and O–H groups in total. The second kappa shape index (κ2) is 8.87. The summed E-state index contributed by atoms with van der Waals surface area (Å²) in [6, 6.07) is 4.62. The standard InChI is InChI=1S/C20H25ClN2O6S/c1-5-27-20(24)18-12(2)28-13(3)19(18)30(25,26)22-14-6-7-16(21)17(10-14)29-15-8-9-23(4)11-15/h6-7,10,15,22H,5,8-9,11H2,1-4H3. The lowest BCUT2D eigenvalue weighted by Gasteiger charge is -2.16. The molecule has 164 valence electrons. The Labute approximate surface area is 181 Å². The average molecular weight is 457 g/mol. The van der Waals surface area contributed by atoms with E-state index >= 15 is 0 Å². The van der Waals surface area contributed by atoms with Gasteiger partial charge in [-0.25, -0.2) is 13.2 Å². The second-order valence-electron chi connectivity index (χ2n) is 7.18. The lowest BCUT2D eigenvalue weighted by molar-refractivity contribution is 0.0520. The minimum absolute atomic E-state index is 0.0199. The number of benzene rings is 1. The predicted molar refractivity (Wildman–Crippen MR) is 113 cm³/mol. The van der Waals surface area contributed by atoms with Crippen molar-refractivity contribution in [3.63, 3.8) is 0 Å². The average Bonchev–Trinajstić information content (AvgIpc) is 3.20. The molecule has 1 aromatic carbocycles. The molecular weight excluding hydrogens is 432 g/mol. The summed E-state index contributed by atoms with van der Waals surface area (Å²) in [6.45, 7) is 6.45. The monoisotopic (exact) mass is 456 g/mol. The first-order chi connectivity index (χ1) is 14.1. The van der Waals surface area contributed by atoms with Crippen molar-refractivity contribution in [3.8, 4) is 5.75 Å². The Morgan fingerprint density at radius 1 is 1.33 bits per heavy atom. The van der Waals surface area contributed by atoms with E-state index in [1.165, 1.54) is 26.0 Å². The molecule has 1 atom stereocenters. The molecular formula is C20H25ClN2O6S. The van der Waals surface area contributed by atoms with Gasteiger partial charge in [0.15, 0.2) is 0 Å². The smallest absolute Gasteiger partial charge is 0.343 e. The first-order valence-corrected chi connectivity index (χ1v) is 11.4. The van der Waals surface area contributed by atoms with Gasteiger partial charge >= 0.3 is 5.97 Å². The number of furan rings is 1. The molecule has 2 heterocycles. The fraction of sp³-hybridized carbons (Fsp3) is 0.450. The number of carbonyl (C=O) groups excluding carboxylic acids is 1. The van der Waals surface area contributed by atoms with E-state index in [1.54, 1.807) is 13.0 Å². The minimum Gasteiger partial charge on any atom is -0.487 e. The normalized spacial score (nSPS) is 17.2. The summed E-state index contributed by atoms with van der Waals surface area (Å²) < 4.78 is 45.0. The molecule has 0 saturated carbocycles. The highest BCUT2D eigenvalue weighted by Crippen LogP contribution is 2.33. The van der Waals surface area contributed by atoms with Gasteiger partial charge in [0.2, 0.25) is 0 Å². The molecule has 1 aromatic heterocycles. The van der Waals surface area contributed by atoms with Crippen LogP contribution in [0.25, 0.3) is 0 Å². The van der Waals surface area contributed by atoms with Gasteiger partial charge in [0.1, 0.15) is 33.8 Å². The van der Waals surface area contributed by atoms with Crippen LogP contribution in [0.4, 0.5) is 5.69 Å². The number of anilines is 1. The number of esters is 1. The van der Waals surface area contributed by atoms with Crippen LogP contribution in [-0.2, 0) is 14.8 Å². The number of likely N-dealkylation sites (tertiary alicyclic amines) is 1. The Morgan fingerprint density at radius 2 is 2.07 bits per heavy atom. The number of nitrogens with one attached hydrogen (secondary N) is 1. The highest BCUT2D eigenvalue weighted by atomic mass is 35.5. The van der Waals surface area contributed by atoms with Crippen LogP contribution in [0.5, 0.6) is 5.75 Å². The van der Waals surface area contributed by atoms with E-state index in [2.05, 4.69) is 9.62 Å². The highest BCUT2D eigenvalue weighted by Gasteiger charge is 2.32. The van der Waals surface area contributed by atoms with Crippen LogP contribution in [0.15, 0.2) is 27.5 Å². The van der Waals surface area contributed by atoms with E-state index in [0.717, 1.165) is 19.5 Å². The molecule has 8 nitrogen and oxygen atoms in total. The van der Waals surface area contributed by atoms with Gasteiger partial charge in [0, 0.05) is 19.2 Å². The van der Waals surface area contributed by atoms with E-state index in [4.69, 9.17) is 25.5 Å². The number of rotatable bonds is 7. The third kappa shape index (κ3) is 4.74. The van der Waals surface area contributed by atoms with Crippen molar-refractivity contribution < 1.29 is 27.1 Å². The molecule has 1 aliphatic heterocycles. The van der Waals surface area contributed by atoms with Gasteiger partial charge in [-0.2, -0.15) is 0 Å². The maximum absolute atomic E-state index is 13.1. The molecule has 0 spiro atoms. The van der Waals surface area contributed by atoms with E-state index in [-0.39, 0.29) is 40.4 Å². The van der Waals surface area contributed by atoms with E-state index in [1.807, 2.05) is 7.05 Å². The van der Waals surface area contributed by atoms with Crippen LogP contribution in [0.2, 0.25) is 5.02 Å². The molecule has 0 amide bonds.